The summed E-state index contributed by atoms with van der Waals surface area (Å²) in [6.07, 6.45) is 3.41. The molecule has 1 aromatic carbocycles. The maximum absolute atomic E-state index is 12.2. The number of hydrogen-bond acceptors (Lipinski definition) is 3. The molecular weight excluding hydrogens is 306 g/mol. The molecule has 0 bridgehead atoms. The molecule has 19 heavy (non-hydrogen) atoms. The van der Waals surface area contributed by atoms with E-state index in [2.05, 4.69) is 26.2 Å². The number of nitrogens with zero attached hydrogens (tertiary/aromatic N) is 1. The highest BCUT2D eigenvalue weighted by Gasteiger charge is 2.14. The number of nitrogens with two attached hydrogens (primary N) is 1. The molecule has 2 rings (SSSR count). The molecule has 0 saturated carbocycles. The number of nitrogens with one attached hydrogen (secondary N) is 1. The van der Waals surface area contributed by atoms with Crippen LogP contribution in [0.5, 0.6) is 0 Å². The van der Waals surface area contributed by atoms with Crippen LogP contribution in [-0.4, -0.2) is 10.9 Å². The van der Waals surface area contributed by atoms with Gasteiger partial charge in [0.15, 0.2) is 0 Å². The number of nitrogen functional groups attached to an aromatic ring is 1. The lowest BCUT2D eigenvalue weighted by molar-refractivity contribution is 0.0939. The van der Waals surface area contributed by atoms with Crippen molar-refractivity contribution < 1.29 is 4.79 Å². The van der Waals surface area contributed by atoms with Crippen LogP contribution >= 0.6 is 15.9 Å². The van der Waals surface area contributed by atoms with Crippen LogP contribution in [0.4, 0.5) is 5.69 Å². The number of hydrogen-bond donors (Lipinski definition) is 2. The highest BCUT2D eigenvalue weighted by Crippen LogP contribution is 2.20. The molecule has 1 atom stereocenters. The van der Waals surface area contributed by atoms with Gasteiger partial charge in [0, 0.05) is 22.6 Å². The zero-order valence-electron chi connectivity index (χ0n) is 10.4. The predicted molar refractivity (Wildman–Crippen MR) is 78.7 cm³/mol. The van der Waals surface area contributed by atoms with Crippen molar-refractivity contribution in [2.75, 3.05) is 5.73 Å². The Kier molecular flexibility index (Phi) is 4.16. The Labute approximate surface area is 120 Å². The Balaban J connectivity index is 2.15. The van der Waals surface area contributed by atoms with E-state index in [1.54, 1.807) is 30.6 Å². The summed E-state index contributed by atoms with van der Waals surface area (Å²) in [6, 6.07) is 8.81. The molecular formula is C14H14BrN3O. The summed E-state index contributed by atoms with van der Waals surface area (Å²) in [4.78, 5) is 16.1. The SMILES string of the molecule is C[C@@H](NC(=O)c1cc(N)ccc1Br)c1ccncc1. The summed E-state index contributed by atoms with van der Waals surface area (Å²) in [5, 5.41) is 2.93. The van der Waals surface area contributed by atoms with Gasteiger partial charge in [-0.05, 0) is 58.7 Å². The molecule has 3 N–H and O–H groups in total. The zero-order chi connectivity index (χ0) is 13.8. The number of halogens is 1. The summed E-state index contributed by atoms with van der Waals surface area (Å²) in [5.74, 6) is -0.163. The molecule has 0 radical (unpaired) electrons. The van der Waals surface area contributed by atoms with Gasteiger partial charge in [-0.3, -0.25) is 9.78 Å². The highest BCUT2D eigenvalue weighted by atomic mass is 79.9. The van der Waals surface area contributed by atoms with Crippen LogP contribution in [0.25, 0.3) is 0 Å². The third kappa shape index (κ3) is 3.32. The second-order valence-corrected chi connectivity index (χ2v) is 5.07. The molecule has 5 heteroatoms. The van der Waals surface area contributed by atoms with E-state index in [1.807, 2.05) is 19.1 Å². The first-order valence-corrected chi connectivity index (χ1v) is 6.63. The molecule has 0 aliphatic carbocycles. The Hall–Kier alpha value is -1.88. The van der Waals surface area contributed by atoms with Gasteiger partial charge in [0.1, 0.15) is 0 Å². The Morgan fingerprint density at radius 1 is 1.32 bits per heavy atom. The van der Waals surface area contributed by atoms with E-state index < -0.39 is 0 Å². The topological polar surface area (TPSA) is 68.0 Å². The second-order valence-electron chi connectivity index (χ2n) is 4.21. The number of anilines is 1. The van der Waals surface area contributed by atoms with E-state index in [0.29, 0.717) is 11.3 Å². The van der Waals surface area contributed by atoms with Gasteiger partial charge in [0.25, 0.3) is 5.91 Å². The van der Waals surface area contributed by atoms with Crippen molar-refractivity contribution in [3.05, 3.63) is 58.3 Å². The quantitative estimate of drug-likeness (QED) is 0.855. The van der Waals surface area contributed by atoms with E-state index in [1.165, 1.54) is 0 Å². The first kappa shape index (κ1) is 13.5. The molecule has 0 unspecified atom stereocenters. The molecule has 0 aliphatic rings. The molecule has 4 nitrogen and oxygen atoms in total. The first-order valence-electron chi connectivity index (χ1n) is 5.83. The number of benzene rings is 1. The minimum atomic E-state index is -0.163. The number of amides is 1. The lowest BCUT2D eigenvalue weighted by Crippen LogP contribution is -2.27. The fourth-order valence-corrected chi connectivity index (χ4v) is 2.15. The van der Waals surface area contributed by atoms with Crippen LogP contribution in [0.15, 0.2) is 47.2 Å². The van der Waals surface area contributed by atoms with Crippen LogP contribution in [0.1, 0.15) is 28.9 Å². The summed E-state index contributed by atoms with van der Waals surface area (Å²) >= 11 is 3.35. The molecule has 1 amide bonds. The number of pyridine rings is 1. The first-order chi connectivity index (χ1) is 9.08. The van der Waals surface area contributed by atoms with E-state index in [0.717, 1.165) is 10.0 Å². The Morgan fingerprint density at radius 2 is 2.00 bits per heavy atom. The van der Waals surface area contributed by atoms with Gasteiger partial charge in [-0.15, -0.1) is 0 Å². The monoisotopic (exact) mass is 319 g/mol. The van der Waals surface area contributed by atoms with Gasteiger partial charge in [-0.2, -0.15) is 0 Å². The molecule has 98 valence electrons. The third-order valence-corrected chi connectivity index (χ3v) is 3.48. The van der Waals surface area contributed by atoms with E-state index in [-0.39, 0.29) is 11.9 Å². The summed E-state index contributed by atoms with van der Waals surface area (Å²) < 4.78 is 0.723. The van der Waals surface area contributed by atoms with Crippen LogP contribution in [-0.2, 0) is 0 Å². The van der Waals surface area contributed by atoms with Crippen LogP contribution < -0.4 is 11.1 Å². The third-order valence-electron chi connectivity index (χ3n) is 2.79. The average molecular weight is 320 g/mol. The van der Waals surface area contributed by atoms with Crippen molar-refractivity contribution >= 4 is 27.5 Å². The standard InChI is InChI=1S/C14H14BrN3O/c1-9(10-4-6-17-7-5-10)18-14(19)12-8-11(16)2-3-13(12)15/h2-9H,16H2,1H3,(H,18,19)/t9-/m1/s1. The normalized spacial score (nSPS) is 11.9. The van der Waals surface area contributed by atoms with Crippen LogP contribution in [0.3, 0.4) is 0 Å². The fourth-order valence-electron chi connectivity index (χ4n) is 1.73. The minimum absolute atomic E-state index is 0.0937. The highest BCUT2D eigenvalue weighted by molar-refractivity contribution is 9.10. The predicted octanol–water partition coefficient (Wildman–Crippen LogP) is 2.92. The van der Waals surface area contributed by atoms with Crippen molar-refractivity contribution in [1.82, 2.24) is 10.3 Å². The maximum Gasteiger partial charge on any atom is 0.252 e. The number of aromatic nitrogens is 1. The molecule has 1 aromatic heterocycles. The van der Waals surface area contributed by atoms with E-state index in [9.17, 15) is 4.79 Å². The molecule has 2 aromatic rings. The van der Waals surface area contributed by atoms with Gasteiger partial charge < -0.3 is 11.1 Å². The zero-order valence-corrected chi connectivity index (χ0v) is 12.0. The molecule has 1 heterocycles. The largest absolute Gasteiger partial charge is 0.399 e. The van der Waals surface area contributed by atoms with Gasteiger partial charge in [-0.1, -0.05) is 0 Å². The minimum Gasteiger partial charge on any atom is -0.399 e. The number of carbonyl (C=O) groups is 1. The second kappa shape index (κ2) is 5.84. The number of carbonyl (C=O) groups excluding carboxylic acids is 1. The molecule has 0 aliphatic heterocycles. The number of rotatable bonds is 3. The van der Waals surface area contributed by atoms with Gasteiger partial charge in [0.2, 0.25) is 0 Å². The van der Waals surface area contributed by atoms with Crippen molar-refractivity contribution in [1.29, 1.82) is 0 Å². The molecule has 0 saturated heterocycles. The van der Waals surface area contributed by atoms with Crippen molar-refractivity contribution in [3.8, 4) is 0 Å². The summed E-state index contributed by atoms with van der Waals surface area (Å²) in [5.41, 5.74) is 7.79. The van der Waals surface area contributed by atoms with Crippen LogP contribution in [0.2, 0.25) is 0 Å². The Morgan fingerprint density at radius 3 is 2.68 bits per heavy atom. The average Bonchev–Trinajstić information content (AvgIpc) is 2.42. The lowest BCUT2D eigenvalue weighted by Gasteiger charge is -2.15. The van der Waals surface area contributed by atoms with E-state index in [4.69, 9.17) is 5.73 Å². The summed E-state index contributed by atoms with van der Waals surface area (Å²) in [7, 11) is 0. The van der Waals surface area contributed by atoms with Crippen molar-refractivity contribution in [2.24, 2.45) is 0 Å². The van der Waals surface area contributed by atoms with E-state index >= 15 is 0 Å². The Bertz CT molecular complexity index is 586. The molecule has 0 spiro atoms. The van der Waals surface area contributed by atoms with Crippen molar-refractivity contribution in [2.45, 2.75) is 13.0 Å². The summed E-state index contributed by atoms with van der Waals surface area (Å²) in [6.45, 7) is 1.92. The van der Waals surface area contributed by atoms with Crippen LogP contribution in [0, 0.1) is 0 Å². The lowest BCUT2D eigenvalue weighted by atomic mass is 10.1. The molecule has 0 fully saturated rings. The van der Waals surface area contributed by atoms with Crippen molar-refractivity contribution in [3.63, 3.8) is 0 Å². The smallest absolute Gasteiger partial charge is 0.252 e. The van der Waals surface area contributed by atoms with Gasteiger partial charge in [-0.25, -0.2) is 0 Å². The van der Waals surface area contributed by atoms with Gasteiger partial charge >= 0.3 is 0 Å². The fraction of sp³-hybridized carbons (Fsp3) is 0.143. The van der Waals surface area contributed by atoms with Gasteiger partial charge in [0.05, 0.1) is 11.6 Å². The maximum atomic E-state index is 12.2.